The second kappa shape index (κ2) is 10.9. The highest BCUT2D eigenvalue weighted by molar-refractivity contribution is 7.89. The number of sulfonamides is 1. The number of hydrogen-bond acceptors (Lipinski definition) is 5. The van der Waals surface area contributed by atoms with E-state index in [2.05, 4.69) is 19.9 Å². The van der Waals surface area contributed by atoms with Gasteiger partial charge in [-0.15, -0.1) is 0 Å². The standard InChI is InChI=1S/C28H31N3O3S2/c1-5-6-16-30(4)36(33,34)24-14-12-23(13-15-24)27(32)31(19-22-10-8-7-9-11-22)28-29-25-17-20(2)21(3)18-26(25)35-28/h7-15,17-18H,5-6,16,19H2,1-4H3. The van der Waals surface area contributed by atoms with Crippen LogP contribution >= 0.6 is 11.3 Å². The lowest BCUT2D eigenvalue weighted by Crippen LogP contribution is -2.30. The third kappa shape index (κ3) is 5.51. The molecule has 0 aliphatic carbocycles. The summed E-state index contributed by atoms with van der Waals surface area (Å²) in [4.78, 5) is 20.4. The van der Waals surface area contributed by atoms with Gasteiger partial charge < -0.3 is 0 Å². The van der Waals surface area contributed by atoms with Gasteiger partial charge in [-0.25, -0.2) is 17.7 Å². The topological polar surface area (TPSA) is 70.6 Å². The molecule has 0 bridgehead atoms. The highest BCUT2D eigenvalue weighted by atomic mass is 32.2. The van der Waals surface area contributed by atoms with Gasteiger partial charge in [-0.2, -0.15) is 0 Å². The maximum Gasteiger partial charge on any atom is 0.260 e. The molecule has 1 heterocycles. The predicted molar refractivity (Wildman–Crippen MR) is 147 cm³/mol. The number of hydrogen-bond donors (Lipinski definition) is 0. The SMILES string of the molecule is CCCCN(C)S(=O)(=O)c1ccc(C(=O)N(Cc2ccccc2)c2nc3cc(C)c(C)cc3s2)cc1. The number of anilines is 1. The van der Waals surface area contributed by atoms with Crippen LogP contribution in [-0.2, 0) is 16.6 Å². The summed E-state index contributed by atoms with van der Waals surface area (Å²) in [7, 11) is -2.02. The van der Waals surface area contributed by atoms with E-state index >= 15 is 0 Å². The summed E-state index contributed by atoms with van der Waals surface area (Å²) >= 11 is 1.48. The number of rotatable bonds is 9. The van der Waals surface area contributed by atoms with E-state index in [1.807, 2.05) is 43.3 Å². The zero-order chi connectivity index (χ0) is 25.9. The molecule has 4 rings (SSSR count). The van der Waals surface area contributed by atoms with Gasteiger partial charge in [-0.05, 0) is 73.4 Å². The van der Waals surface area contributed by atoms with Crippen molar-refractivity contribution in [2.24, 2.45) is 0 Å². The van der Waals surface area contributed by atoms with E-state index < -0.39 is 10.0 Å². The number of carbonyl (C=O) groups excluding carboxylic acids is 1. The maximum atomic E-state index is 13.7. The lowest BCUT2D eigenvalue weighted by molar-refractivity contribution is 0.0985. The predicted octanol–water partition coefficient (Wildman–Crippen LogP) is 6.18. The molecular formula is C28H31N3O3S2. The molecule has 0 unspecified atom stereocenters. The van der Waals surface area contributed by atoms with Crippen LogP contribution in [0.3, 0.4) is 0 Å². The molecule has 6 nitrogen and oxygen atoms in total. The fraction of sp³-hybridized carbons (Fsp3) is 0.286. The molecule has 1 amide bonds. The first-order valence-corrected chi connectivity index (χ1v) is 14.3. The number of unbranched alkanes of at least 4 members (excludes halogenated alkanes) is 1. The van der Waals surface area contributed by atoms with Crippen molar-refractivity contribution in [3.63, 3.8) is 0 Å². The maximum absolute atomic E-state index is 13.7. The summed E-state index contributed by atoms with van der Waals surface area (Å²) in [5.74, 6) is -0.227. The summed E-state index contributed by atoms with van der Waals surface area (Å²) in [6.07, 6.45) is 1.71. The minimum absolute atomic E-state index is 0.179. The van der Waals surface area contributed by atoms with Crippen LogP contribution in [0.5, 0.6) is 0 Å². The minimum atomic E-state index is -3.60. The Labute approximate surface area is 217 Å². The summed E-state index contributed by atoms with van der Waals surface area (Å²) in [6, 6.07) is 20.1. The van der Waals surface area contributed by atoms with Gasteiger partial charge in [0, 0.05) is 19.2 Å². The first-order chi connectivity index (χ1) is 17.2. The second-order valence-electron chi connectivity index (χ2n) is 8.98. The van der Waals surface area contributed by atoms with Crippen LogP contribution in [0.2, 0.25) is 0 Å². The minimum Gasteiger partial charge on any atom is -0.279 e. The lowest BCUT2D eigenvalue weighted by Gasteiger charge is -2.21. The molecule has 0 atom stereocenters. The Morgan fingerprint density at radius 3 is 2.31 bits per heavy atom. The molecule has 1 aromatic heterocycles. The second-order valence-corrected chi connectivity index (χ2v) is 12.0. The Morgan fingerprint density at radius 1 is 0.972 bits per heavy atom. The van der Waals surface area contributed by atoms with Crippen LogP contribution in [0.25, 0.3) is 10.2 Å². The molecule has 188 valence electrons. The molecule has 4 aromatic rings. The highest BCUT2D eigenvalue weighted by Gasteiger charge is 2.24. The van der Waals surface area contributed by atoms with Gasteiger partial charge in [0.15, 0.2) is 5.13 Å². The molecule has 0 saturated carbocycles. The third-order valence-electron chi connectivity index (χ3n) is 6.29. The first kappa shape index (κ1) is 26.0. The normalized spacial score (nSPS) is 11.8. The lowest BCUT2D eigenvalue weighted by atomic mass is 10.1. The van der Waals surface area contributed by atoms with Crippen LogP contribution in [0, 0.1) is 13.8 Å². The zero-order valence-electron chi connectivity index (χ0n) is 21.1. The van der Waals surface area contributed by atoms with E-state index in [4.69, 9.17) is 4.98 Å². The fourth-order valence-electron chi connectivity index (χ4n) is 3.88. The summed E-state index contributed by atoms with van der Waals surface area (Å²) in [5, 5.41) is 0.611. The van der Waals surface area contributed by atoms with Gasteiger partial charge >= 0.3 is 0 Å². The summed E-state index contributed by atoms with van der Waals surface area (Å²) < 4.78 is 28.2. The van der Waals surface area contributed by atoms with E-state index in [9.17, 15) is 13.2 Å². The largest absolute Gasteiger partial charge is 0.279 e. The van der Waals surface area contributed by atoms with Gasteiger partial charge in [0.1, 0.15) is 0 Å². The molecule has 0 aliphatic rings. The van der Waals surface area contributed by atoms with Crippen LogP contribution in [0.4, 0.5) is 5.13 Å². The summed E-state index contributed by atoms with van der Waals surface area (Å²) in [6.45, 7) is 6.96. The van der Waals surface area contributed by atoms with E-state index in [-0.39, 0.29) is 10.8 Å². The van der Waals surface area contributed by atoms with Gasteiger partial charge in [0.25, 0.3) is 5.91 Å². The molecule has 0 aliphatic heterocycles. The van der Waals surface area contributed by atoms with Crippen LogP contribution in [0.15, 0.2) is 71.6 Å². The molecule has 0 fully saturated rings. The van der Waals surface area contributed by atoms with Crippen molar-refractivity contribution in [2.45, 2.75) is 45.1 Å². The quantitative estimate of drug-likeness (QED) is 0.264. The Kier molecular flexibility index (Phi) is 7.88. The number of amides is 1. The van der Waals surface area contributed by atoms with Crippen molar-refractivity contribution >= 4 is 42.6 Å². The molecular weight excluding hydrogens is 490 g/mol. The number of aromatic nitrogens is 1. The summed E-state index contributed by atoms with van der Waals surface area (Å²) in [5.41, 5.74) is 4.59. The van der Waals surface area contributed by atoms with E-state index in [0.717, 1.165) is 34.2 Å². The van der Waals surface area contributed by atoms with Gasteiger partial charge in [-0.1, -0.05) is 55.0 Å². The van der Waals surface area contributed by atoms with Crippen molar-refractivity contribution in [3.8, 4) is 0 Å². The molecule has 0 saturated heterocycles. The Balaban J connectivity index is 1.68. The number of benzene rings is 3. The fourth-order valence-corrected chi connectivity index (χ4v) is 6.13. The van der Waals surface area contributed by atoms with Gasteiger partial charge in [0.2, 0.25) is 10.0 Å². The van der Waals surface area contributed by atoms with Crippen LogP contribution < -0.4 is 4.90 Å². The van der Waals surface area contributed by atoms with Gasteiger partial charge in [-0.3, -0.25) is 9.69 Å². The van der Waals surface area contributed by atoms with E-state index in [0.29, 0.717) is 23.8 Å². The zero-order valence-corrected chi connectivity index (χ0v) is 22.7. The van der Waals surface area contributed by atoms with E-state index in [1.165, 1.54) is 33.3 Å². The monoisotopic (exact) mass is 521 g/mol. The highest BCUT2D eigenvalue weighted by Crippen LogP contribution is 2.32. The number of fused-ring (bicyclic) bond motifs is 1. The molecule has 3 aromatic carbocycles. The van der Waals surface area contributed by atoms with Crippen molar-refractivity contribution in [3.05, 3.63) is 89.0 Å². The Bertz CT molecular complexity index is 1420. The van der Waals surface area contributed by atoms with Crippen molar-refractivity contribution in [2.75, 3.05) is 18.5 Å². The van der Waals surface area contributed by atoms with Crippen LogP contribution in [0.1, 0.15) is 46.8 Å². The molecule has 0 radical (unpaired) electrons. The molecule has 0 N–H and O–H groups in total. The van der Waals surface area contributed by atoms with Gasteiger partial charge in [0.05, 0.1) is 21.7 Å². The van der Waals surface area contributed by atoms with Crippen molar-refractivity contribution in [1.29, 1.82) is 0 Å². The van der Waals surface area contributed by atoms with Crippen LogP contribution in [-0.4, -0.2) is 37.2 Å². The molecule has 8 heteroatoms. The number of thiazole rings is 1. The first-order valence-electron chi connectivity index (χ1n) is 12.0. The van der Waals surface area contributed by atoms with Crippen molar-refractivity contribution < 1.29 is 13.2 Å². The molecule has 0 spiro atoms. The van der Waals surface area contributed by atoms with E-state index in [1.54, 1.807) is 24.1 Å². The smallest absolute Gasteiger partial charge is 0.260 e. The number of carbonyl (C=O) groups is 1. The molecule has 36 heavy (non-hydrogen) atoms. The third-order valence-corrected chi connectivity index (χ3v) is 9.20. The average Bonchev–Trinajstić information content (AvgIpc) is 3.28. The Morgan fingerprint density at radius 2 is 1.64 bits per heavy atom. The van der Waals surface area contributed by atoms with Crippen molar-refractivity contribution in [1.82, 2.24) is 9.29 Å². The number of nitrogens with zero attached hydrogens (tertiary/aromatic N) is 3. The Hall–Kier alpha value is -3.07. The number of aryl methyl sites for hydroxylation is 2. The average molecular weight is 522 g/mol.